The molecule has 0 atom stereocenters. The Kier molecular flexibility index (Phi) is 4.33. The van der Waals surface area contributed by atoms with Crippen molar-refractivity contribution in [3.8, 4) is 11.5 Å². The van der Waals surface area contributed by atoms with Crippen LogP contribution in [-0.2, 0) is 6.54 Å². The van der Waals surface area contributed by atoms with Crippen LogP contribution in [0.5, 0.6) is 0 Å². The predicted octanol–water partition coefficient (Wildman–Crippen LogP) is 3.14. The number of hydrogen-bond donors (Lipinski definition) is 1. The van der Waals surface area contributed by atoms with E-state index in [0.717, 1.165) is 12.1 Å². The topological polar surface area (TPSA) is 51.0 Å². The molecule has 0 saturated carbocycles. The van der Waals surface area contributed by atoms with E-state index in [0.29, 0.717) is 29.3 Å². The van der Waals surface area contributed by atoms with Crippen LogP contribution in [0.4, 0.5) is 0 Å². The first-order valence-corrected chi connectivity index (χ1v) is 6.32. The molecule has 0 fully saturated rings. The fourth-order valence-electron chi connectivity index (χ4n) is 1.54. The average molecular weight is 266 g/mol. The fraction of sp³-hybridized carbons (Fsp3) is 0.385. The lowest BCUT2D eigenvalue weighted by Gasteiger charge is -2.03. The zero-order valence-corrected chi connectivity index (χ0v) is 11.2. The maximum Gasteiger partial charge on any atom is 0.249 e. The van der Waals surface area contributed by atoms with Crippen molar-refractivity contribution in [3.05, 3.63) is 35.2 Å². The van der Waals surface area contributed by atoms with Gasteiger partial charge in [-0.15, -0.1) is 10.2 Å². The molecule has 0 bridgehead atoms. The highest BCUT2D eigenvalue weighted by atomic mass is 35.5. The Bertz CT molecular complexity index is 510. The maximum atomic E-state index is 6.07. The molecular weight excluding hydrogens is 250 g/mol. The Labute approximate surface area is 111 Å². The maximum absolute atomic E-state index is 6.07. The minimum atomic E-state index is 0.460. The molecule has 0 radical (unpaired) electrons. The molecule has 0 aliphatic heterocycles. The van der Waals surface area contributed by atoms with Gasteiger partial charge >= 0.3 is 0 Å². The van der Waals surface area contributed by atoms with Crippen LogP contribution in [-0.4, -0.2) is 16.7 Å². The van der Waals surface area contributed by atoms with E-state index in [4.69, 9.17) is 16.0 Å². The van der Waals surface area contributed by atoms with Crippen LogP contribution in [0.25, 0.3) is 11.5 Å². The van der Waals surface area contributed by atoms with E-state index in [1.165, 1.54) is 0 Å². The van der Waals surface area contributed by atoms with Crippen LogP contribution in [0.15, 0.2) is 28.7 Å². The third-order valence-corrected chi connectivity index (χ3v) is 2.73. The van der Waals surface area contributed by atoms with Crippen LogP contribution >= 0.6 is 11.6 Å². The van der Waals surface area contributed by atoms with Gasteiger partial charge in [-0.3, -0.25) is 0 Å². The molecule has 96 valence electrons. The predicted molar refractivity (Wildman–Crippen MR) is 71.3 cm³/mol. The summed E-state index contributed by atoms with van der Waals surface area (Å²) < 4.78 is 5.56. The Morgan fingerprint density at radius 2 is 2.06 bits per heavy atom. The van der Waals surface area contributed by atoms with Crippen molar-refractivity contribution in [3.63, 3.8) is 0 Å². The van der Waals surface area contributed by atoms with Crippen molar-refractivity contribution < 1.29 is 4.42 Å². The van der Waals surface area contributed by atoms with E-state index >= 15 is 0 Å². The fourth-order valence-corrected chi connectivity index (χ4v) is 1.75. The second-order valence-electron chi connectivity index (χ2n) is 4.51. The van der Waals surface area contributed by atoms with Crippen LogP contribution in [0.3, 0.4) is 0 Å². The van der Waals surface area contributed by atoms with Gasteiger partial charge in [0.2, 0.25) is 11.8 Å². The largest absolute Gasteiger partial charge is 0.419 e. The summed E-state index contributed by atoms with van der Waals surface area (Å²) >= 11 is 6.07. The van der Waals surface area contributed by atoms with E-state index in [1.807, 2.05) is 18.2 Å². The van der Waals surface area contributed by atoms with Gasteiger partial charge in [0.1, 0.15) is 0 Å². The molecule has 0 unspecified atom stereocenters. The Morgan fingerprint density at radius 3 is 2.78 bits per heavy atom. The molecule has 0 amide bonds. The number of aromatic nitrogens is 2. The molecule has 2 rings (SSSR count). The summed E-state index contributed by atoms with van der Waals surface area (Å²) in [5.41, 5.74) is 0.766. The second kappa shape index (κ2) is 5.98. The van der Waals surface area contributed by atoms with Gasteiger partial charge in [-0.2, -0.15) is 0 Å². The molecule has 5 heteroatoms. The van der Waals surface area contributed by atoms with E-state index in [1.54, 1.807) is 6.07 Å². The molecule has 2 aromatic rings. The Morgan fingerprint density at radius 1 is 1.28 bits per heavy atom. The monoisotopic (exact) mass is 265 g/mol. The van der Waals surface area contributed by atoms with Gasteiger partial charge in [-0.05, 0) is 24.6 Å². The lowest BCUT2D eigenvalue weighted by Crippen LogP contribution is -2.19. The minimum Gasteiger partial charge on any atom is -0.419 e. The summed E-state index contributed by atoms with van der Waals surface area (Å²) in [7, 11) is 0. The minimum absolute atomic E-state index is 0.460. The molecule has 0 aliphatic carbocycles. The van der Waals surface area contributed by atoms with Crippen LogP contribution in [0, 0.1) is 5.92 Å². The number of rotatable bonds is 5. The number of halogens is 1. The lowest BCUT2D eigenvalue weighted by molar-refractivity contribution is 0.459. The molecule has 0 saturated heterocycles. The summed E-state index contributed by atoms with van der Waals surface area (Å²) in [6.07, 6.45) is 0. The zero-order chi connectivity index (χ0) is 13.0. The number of nitrogens with one attached hydrogen (secondary N) is 1. The Balaban J connectivity index is 2.04. The highest BCUT2D eigenvalue weighted by Crippen LogP contribution is 2.25. The smallest absolute Gasteiger partial charge is 0.249 e. The van der Waals surface area contributed by atoms with Crippen molar-refractivity contribution >= 4 is 11.6 Å². The summed E-state index contributed by atoms with van der Waals surface area (Å²) in [6, 6.07) is 7.42. The van der Waals surface area contributed by atoms with Gasteiger partial charge in [-0.1, -0.05) is 37.6 Å². The van der Waals surface area contributed by atoms with Gasteiger partial charge < -0.3 is 9.73 Å². The highest BCUT2D eigenvalue weighted by Gasteiger charge is 2.10. The molecular formula is C13H16ClN3O. The van der Waals surface area contributed by atoms with E-state index in [2.05, 4.69) is 29.4 Å². The third-order valence-electron chi connectivity index (χ3n) is 2.40. The quantitative estimate of drug-likeness (QED) is 0.902. The van der Waals surface area contributed by atoms with Gasteiger partial charge in [0, 0.05) is 0 Å². The standard InChI is InChI=1S/C13H16ClN3O/c1-9(2)7-15-8-12-16-17-13(18-12)10-5-3-4-6-11(10)14/h3-6,9,15H,7-8H2,1-2H3. The molecule has 1 aromatic heterocycles. The van der Waals surface area contributed by atoms with Gasteiger partial charge in [0.25, 0.3) is 0 Å². The van der Waals surface area contributed by atoms with Crippen molar-refractivity contribution in [2.24, 2.45) is 5.92 Å². The first-order valence-electron chi connectivity index (χ1n) is 5.95. The van der Waals surface area contributed by atoms with Crippen molar-refractivity contribution in [2.75, 3.05) is 6.54 Å². The van der Waals surface area contributed by atoms with Crippen molar-refractivity contribution in [1.82, 2.24) is 15.5 Å². The molecule has 1 heterocycles. The van der Waals surface area contributed by atoms with E-state index in [-0.39, 0.29) is 0 Å². The van der Waals surface area contributed by atoms with Crippen LogP contribution in [0.2, 0.25) is 5.02 Å². The first kappa shape index (κ1) is 13.1. The summed E-state index contributed by atoms with van der Waals surface area (Å²) in [4.78, 5) is 0. The number of nitrogens with zero attached hydrogens (tertiary/aromatic N) is 2. The van der Waals surface area contributed by atoms with Crippen molar-refractivity contribution in [1.29, 1.82) is 0 Å². The summed E-state index contributed by atoms with van der Waals surface area (Å²) in [5.74, 6) is 1.63. The molecule has 1 N–H and O–H groups in total. The van der Waals surface area contributed by atoms with Gasteiger partial charge in [-0.25, -0.2) is 0 Å². The SMILES string of the molecule is CC(C)CNCc1nnc(-c2ccccc2Cl)o1. The summed E-state index contributed by atoms with van der Waals surface area (Å²) in [5, 5.41) is 11.9. The average Bonchev–Trinajstić information content (AvgIpc) is 2.78. The number of benzene rings is 1. The molecule has 1 aromatic carbocycles. The second-order valence-corrected chi connectivity index (χ2v) is 4.91. The highest BCUT2D eigenvalue weighted by molar-refractivity contribution is 6.33. The summed E-state index contributed by atoms with van der Waals surface area (Å²) in [6.45, 7) is 5.80. The molecule has 0 aliphatic rings. The molecule has 4 nitrogen and oxygen atoms in total. The van der Waals surface area contributed by atoms with Gasteiger partial charge in [0.05, 0.1) is 17.1 Å². The van der Waals surface area contributed by atoms with Crippen LogP contribution in [0.1, 0.15) is 19.7 Å². The van der Waals surface area contributed by atoms with E-state index in [9.17, 15) is 0 Å². The van der Waals surface area contributed by atoms with Crippen LogP contribution < -0.4 is 5.32 Å². The van der Waals surface area contributed by atoms with Crippen molar-refractivity contribution in [2.45, 2.75) is 20.4 Å². The zero-order valence-electron chi connectivity index (χ0n) is 10.5. The first-order chi connectivity index (χ1) is 8.66. The van der Waals surface area contributed by atoms with E-state index < -0.39 is 0 Å². The Hall–Kier alpha value is -1.39. The molecule has 0 spiro atoms. The third kappa shape index (κ3) is 3.31. The normalized spacial score (nSPS) is 11.1. The van der Waals surface area contributed by atoms with Gasteiger partial charge in [0.15, 0.2) is 0 Å². The molecule has 18 heavy (non-hydrogen) atoms. The lowest BCUT2D eigenvalue weighted by atomic mass is 10.2. The number of hydrogen-bond acceptors (Lipinski definition) is 4.